The Labute approximate surface area is 206 Å². The summed E-state index contributed by atoms with van der Waals surface area (Å²) < 4.78 is 8.69. The molecule has 0 atom stereocenters. The normalized spacial score (nSPS) is 14.3. The fraction of sp³-hybridized carbons (Fsp3) is 0.296. The molecular formula is C27H26N2O5S. The van der Waals surface area contributed by atoms with Crippen LogP contribution in [0.1, 0.15) is 48.9 Å². The zero-order valence-corrected chi connectivity index (χ0v) is 20.0. The molecule has 2 N–H and O–H groups in total. The summed E-state index contributed by atoms with van der Waals surface area (Å²) in [5.74, 6) is -0.684. The molecule has 180 valence electrons. The van der Waals surface area contributed by atoms with Crippen molar-refractivity contribution in [2.75, 3.05) is 6.54 Å². The zero-order valence-electron chi connectivity index (χ0n) is 19.2. The average molecular weight is 491 g/mol. The largest absolute Gasteiger partial charge is 0.490 e. The predicted molar refractivity (Wildman–Crippen MR) is 137 cm³/mol. The molecule has 2 aromatic heterocycles. The highest BCUT2D eigenvalue weighted by Crippen LogP contribution is 2.33. The second-order valence-electron chi connectivity index (χ2n) is 8.79. The number of ether oxygens (including phenoxy) is 1. The van der Waals surface area contributed by atoms with Gasteiger partial charge in [-0.3, -0.25) is 18.8 Å². The van der Waals surface area contributed by atoms with Gasteiger partial charge in [-0.25, -0.2) is 0 Å². The fourth-order valence-electron chi connectivity index (χ4n) is 4.60. The summed E-state index contributed by atoms with van der Waals surface area (Å²) in [5.41, 5.74) is 1.94. The number of rotatable bonds is 7. The lowest BCUT2D eigenvalue weighted by molar-refractivity contribution is -0.136. The number of carbonyl (C=O) groups excluding carboxylic acids is 1. The van der Waals surface area contributed by atoms with Crippen molar-refractivity contribution < 1.29 is 19.4 Å². The molecule has 0 aliphatic heterocycles. The molecule has 0 spiro atoms. The fourth-order valence-corrected chi connectivity index (χ4v) is 5.73. The summed E-state index contributed by atoms with van der Waals surface area (Å²) in [6, 6.07) is 16.6. The highest BCUT2D eigenvalue weighted by Gasteiger charge is 2.21. The van der Waals surface area contributed by atoms with Gasteiger partial charge in [0, 0.05) is 18.2 Å². The summed E-state index contributed by atoms with van der Waals surface area (Å²) >= 11 is 1.36. The van der Waals surface area contributed by atoms with Gasteiger partial charge < -0.3 is 15.2 Å². The molecule has 1 saturated carbocycles. The number of pyridine rings is 1. The molecule has 2 heterocycles. The molecular weight excluding hydrogens is 464 g/mol. The van der Waals surface area contributed by atoms with Gasteiger partial charge in [0.2, 0.25) is 0 Å². The Morgan fingerprint density at radius 1 is 1.06 bits per heavy atom. The summed E-state index contributed by atoms with van der Waals surface area (Å²) in [6.45, 7) is 0.00436. The van der Waals surface area contributed by atoms with E-state index in [2.05, 4.69) is 5.32 Å². The van der Waals surface area contributed by atoms with Gasteiger partial charge in [-0.1, -0.05) is 36.8 Å². The van der Waals surface area contributed by atoms with Crippen LogP contribution in [0.3, 0.4) is 0 Å². The molecule has 2 aromatic carbocycles. The molecule has 1 aliphatic rings. The van der Waals surface area contributed by atoms with Gasteiger partial charge in [0.05, 0.1) is 28.3 Å². The van der Waals surface area contributed by atoms with Crippen LogP contribution in [-0.2, 0) is 4.79 Å². The van der Waals surface area contributed by atoms with Crippen LogP contribution >= 0.6 is 11.3 Å². The van der Waals surface area contributed by atoms with Crippen LogP contribution < -0.4 is 15.6 Å². The number of hydrogen-bond donors (Lipinski definition) is 2. The molecule has 1 amide bonds. The van der Waals surface area contributed by atoms with Crippen molar-refractivity contribution in [3.63, 3.8) is 0 Å². The number of thiazole rings is 1. The van der Waals surface area contributed by atoms with E-state index in [0.717, 1.165) is 30.4 Å². The number of aliphatic carboxylic acids is 1. The Hall–Kier alpha value is -3.65. The van der Waals surface area contributed by atoms with Crippen molar-refractivity contribution in [1.82, 2.24) is 9.72 Å². The van der Waals surface area contributed by atoms with Crippen molar-refractivity contribution in [3.05, 3.63) is 70.5 Å². The first-order chi connectivity index (χ1) is 17.0. The van der Waals surface area contributed by atoms with Gasteiger partial charge in [-0.05, 0) is 49.4 Å². The first-order valence-electron chi connectivity index (χ1n) is 11.9. The highest BCUT2D eigenvalue weighted by atomic mass is 32.1. The number of carbonyl (C=O) groups is 2. The second-order valence-corrected chi connectivity index (χ2v) is 9.82. The number of carboxylic acid groups (broad SMARTS) is 1. The number of nitrogens with one attached hydrogen (secondary N) is 1. The number of aromatic nitrogens is 1. The summed E-state index contributed by atoms with van der Waals surface area (Å²) in [6.07, 6.45) is 5.62. The molecule has 1 aliphatic carbocycles. The van der Waals surface area contributed by atoms with E-state index in [1.54, 1.807) is 10.5 Å². The number of nitrogens with zero attached hydrogens (tertiary/aromatic N) is 1. The third-order valence-corrected chi connectivity index (χ3v) is 7.50. The molecule has 7 nitrogen and oxygen atoms in total. The van der Waals surface area contributed by atoms with Crippen LogP contribution in [-0.4, -0.2) is 34.0 Å². The Bertz CT molecular complexity index is 1450. The average Bonchev–Trinajstić information content (AvgIpc) is 3.24. The number of benzene rings is 2. The first-order valence-corrected chi connectivity index (χ1v) is 12.7. The van der Waals surface area contributed by atoms with Crippen molar-refractivity contribution >= 4 is 38.3 Å². The van der Waals surface area contributed by atoms with Gasteiger partial charge in [0.15, 0.2) is 0 Å². The predicted octanol–water partition coefficient (Wildman–Crippen LogP) is 5.10. The molecule has 4 aromatic rings. The molecule has 35 heavy (non-hydrogen) atoms. The monoisotopic (exact) mass is 490 g/mol. The summed E-state index contributed by atoms with van der Waals surface area (Å²) in [5, 5.41) is 11.6. The van der Waals surface area contributed by atoms with Crippen LogP contribution in [0, 0.1) is 0 Å². The molecule has 8 heteroatoms. The van der Waals surface area contributed by atoms with Crippen LogP contribution in [0.2, 0.25) is 0 Å². The SMILES string of the molecule is O=C(O)CCNC(=O)c1cc(-c2ccccc2)c(=O)n2c1sc1ccc(OC3CCCCC3)cc12. The van der Waals surface area contributed by atoms with E-state index in [-0.39, 0.29) is 24.6 Å². The van der Waals surface area contributed by atoms with Crippen LogP contribution in [0.4, 0.5) is 0 Å². The van der Waals surface area contributed by atoms with Gasteiger partial charge in [0.1, 0.15) is 10.6 Å². The minimum atomic E-state index is -0.989. The van der Waals surface area contributed by atoms with Crippen molar-refractivity contribution in [1.29, 1.82) is 0 Å². The van der Waals surface area contributed by atoms with E-state index < -0.39 is 11.9 Å². The Morgan fingerprint density at radius 2 is 1.83 bits per heavy atom. The van der Waals surface area contributed by atoms with E-state index in [9.17, 15) is 14.4 Å². The lowest BCUT2D eigenvalue weighted by atomic mass is 9.98. The number of fused-ring (bicyclic) bond motifs is 3. The van der Waals surface area contributed by atoms with E-state index in [4.69, 9.17) is 9.84 Å². The van der Waals surface area contributed by atoms with Crippen molar-refractivity contribution in [2.45, 2.75) is 44.6 Å². The van der Waals surface area contributed by atoms with Gasteiger partial charge in [-0.2, -0.15) is 0 Å². The summed E-state index contributed by atoms with van der Waals surface area (Å²) in [4.78, 5) is 38.2. The van der Waals surface area contributed by atoms with E-state index in [1.165, 1.54) is 17.8 Å². The van der Waals surface area contributed by atoms with E-state index >= 15 is 0 Å². The Balaban J connectivity index is 1.64. The van der Waals surface area contributed by atoms with Crippen LogP contribution in [0.5, 0.6) is 5.75 Å². The van der Waals surface area contributed by atoms with Gasteiger partial charge >= 0.3 is 5.97 Å². The summed E-state index contributed by atoms with van der Waals surface area (Å²) in [7, 11) is 0. The van der Waals surface area contributed by atoms with Crippen LogP contribution in [0.25, 0.3) is 26.2 Å². The Kier molecular flexibility index (Phi) is 6.55. The minimum Gasteiger partial charge on any atom is -0.490 e. The van der Waals surface area contributed by atoms with Gasteiger partial charge in [-0.15, -0.1) is 11.3 Å². The molecule has 0 saturated heterocycles. The van der Waals surface area contributed by atoms with Crippen LogP contribution in [0.15, 0.2) is 59.4 Å². The minimum absolute atomic E-state index is 0.00436. The topological polar surface area (TPSA) is 97.1 Å². The van der Waals surface area contributed by atoms with E-state index in [1.807, 2.05) is 48.5 Å². The van der Waals surface area contributed by atoms with Crippen molar-refractivity contribution in [3.8, 4) is 16.9 Å². The maximum atomic E-state index is 13.7. The van der Waals surface area contributed by atoms with Crippen molar-refractivity contribution in [2.24, 2.45) is 0 Å². The second kappa shape index (κ2) is 9.92. The number of hydrogen-bond acceptors (Lipinski definition) is 5. The highest BCUT2D eigenvalue weighted by molar-refractivity contribution is 7.24. The maximum absolute atomic E-state index is 13.7. The third-order valence-electron chi connectivity index (χ3n) is 6.34. The molecule has 1 fully saturated rings. The maximum Gasteiger partial charge on any atom is 0.305 e. The molecule has 0 radical (unpaired) electrons. The zero-order chi connectivity index (χ0) is 24.4. The number of carboxylic acids is 1. The first kappa shape index (κ1) is 23.1. The number of amides is 1. The molecule has 0 bridgehead atoms. The quantitative estimate of drug-likeness (QED) is 0.376. The lowest BCUT2D eigenvalue weighted by Crippen LogP contribution is -2.28. The van der Waals surface area contributed by atoms with Gasteiger partial charge in [0.25, 0.3) is 11.5 Å². The lowest BCUT2D eigenvalue weighted by Gasteiger charge is -2.22. The third kappa shape index (κ3) is 4.79. The standard InChI is InChI=1S/C27H26N2O5S/c30-24(31)13-14-28-25(32)21-16-20(17-7-3-1-4-8-17)26(33)29-22-15-19(11-12-23(22)35-27(21)29)34-18-9-5-2-6-10-18/h1,3-4,7-8,11-12,15-16,18H,2,5-6,9-10,13-14H2,(H,28,32)(H,30,31). The molecule has 0 unspecified atom stereocenters. The smallest absolute Gasteiger partial charge is 0.305 e. The Morgan fingerprint density at radius 3 is 2.57 bits per heavy atom. The van der Waals surface area contributed by atoms with E-state index in [0.29, 0.717) is 32.8 Å². The molecule has 5 rings (SSSR count).